The van der Waals surface area contributed by atoms with Crippen LogP contribution in [0.5, 0.6) is 6.01 Å². The number of nitrogens with one attached hydrogen (secondary N) is 1. The van der Waals surface area contributed by atoms with Gasteiger partial charge in [0.2, 0.25) is 10.0 Å². The van der Waals surface area contributed by atoms with Crippen LogP contribution in [-0.4, -0.2) is 39.6 Å². The van der Waals surface area contributed by atoms with Gasteiger partial charge in [0, 0.05) is 19.1 Å². The Bertz CT molecular complexity index is 779. The van der Waals surface area contributed by atoms with Gasteiger partial charge in [-0.3, -0.25) is 4.72 Å². The Hall–Kier alpha value is -2.06. The lowest BCUT2D eigenvalue weighted by Crippen LogP contribution is -2.20. The highest BCUT2D eigenvalue weighted by molar-refractivity contribution is 7.91. The number of rotatable bonds is 6. The van der Waals surface area contributed by atoms with Gasteiger partial charge in [-0.05, 0) is 17.7 Å². The van der Waals surface area contributed by atoms with Gasteiger partial charge in [0.25, 0.3) is 0 Å². The van der Waals surface area contributed by atoms with Gasteiger partial charge in [-0.1, -0.05) is 23.7 Å². The van der Waals surface area contributed by atoms with Crippen LogP contribution >= 0.6 is 11.6 Å². The third-order valence-corrected chi connectivity index (χ3v) is 4.38. The molecule has 0 atom stereocenters. The van der Waals surface area contributed by atoms with Crippen LogP contribution in [0.1, 0.15) is 5.56 Å². The zero-order chi connectivity index (χ0) is 17.0. The molecule has 0 saturated carbocycles. The summed E-state index contributed by atoms with van der Waals surface area (Å²) in [4.78, 5) is 9.75. The maximum absolute atomic E-state index is 12.3. The first-order valence-corrected chi connectivity index (χ1v) is 8.67. The van der Waals surface area contributed by atoms with E-state index in [1.165, 1.54) is 13.3 Å². The van der Waals surface area contributed by atoms with Crippen molar-refractivity contribution in [3.05, 3.63) is 41.0 Å². The zero-order valence-corrected chi connectivity index (χ0v) is 14.5. The molecule has 0 aliphatic heterocycles. The largest absolute Gasteiger partial charge is 0.467 e. The second-order valence-electron chi connectivity index (χ2n) is 4.98. The number of hydrogen-bond acceptors (Lipinski definition) is 6. The summed E-state index contributed by atoms with van der Waals surface area (Å²) < 4.78 is 32.1. The minimum Gasteiger partial charge on any atom is -0.467 e. The van der Waals surface area contributed by atoms with E-state index >= 15 is 0 Å². The van der Waals surface area contributed by atoms with Gasteiger partial charge in [-0.25, -0.2) is 13.4 Å². The molecular formula is C14H17ClN4O3S. The molecule has 23 heavy (non-hydrogen) atoms. The van der Waals surface area contributed by atoms with E-state index in [0.717, 1.165) is 0 Å². The molecular weight excluding hydrogens is 340 g/mol. The van der Waals surface area contributed by atoms with E-state index in [1.54, 1.807) is 43.3 Å². The standard InChI is InChI=1S/C14H17ClN4O3S/c1-19(2)13-12(8-16-14(17-13)22-3)18-23(20,21)9-10-4-6-11(15)7-5-10/h4-8,18H,9H2,1-3H3. The monoisotopic (exact) mass is 356 g/mol. The lowest BCUT2D eigenvalue weighted by Gasteiger charge is -2.17. The summed E-state index contributed by atoms with van der Waals surface area (Å²) in [7, 11) is 1.32. The Morgan fingerprint density at radius 2 is 1.91 bits per heavy atom. The maximum Gasteiger partial charge on any atom is 0.318 e. The number of aromatic nitrogens is 2. The van der Waals surface area contributed by atoms with Gasteiger partial charge in [-0.15, -0.1) is 0 Å². The van der Waals surface area contributed by atoms with Gasteiger partial charge >= 0.3 is 6.01 Å². The number of halogens is 1. The predicted octanol–water partition coefficient (Wildman–Crippen LogP) is 2.15. The summed E-state index contributed by atoms with van der Waals surface area (Å²) in [5.41, 5.74) is 0.910. The highest BCUT2D eigenvalue weighted by Crippen LogP contribution is 2.24. The van der Waals surface area contributed by atoms with Crippen LogP contribution in [0.25, 0.3) is 0 Å². The summed E-state index contributed by atoms with van der Waals surface area (Å²) in [5.74, 6) is 0.236. The number of sulfonamides is 1. The molecule has 0 radical (unpaired) electrons. The second-order valence-corrected chi connectivity index (χ2v) is 7.13. The Morgan fingerprint density at radius 1 is 1.26 bits per heavy atom. The van der Waals surface area contributed by atoms with E-state index in [2.05, 4.69) is 14.7 Å². The lowest BCUT2D eigenvalue weighted by atomic mass is 10.2. The molecule has 0 aliphatic carbocycles. The van der Waals surface area contributed by atoms with Crippen LogP contribution in [0.3, 0.4) is 0 Å². The third-order valence-electron chi connectivity index (χ3n) is 2.89. The smallest absolute Gasteiger partial charge is 0.318 e. The van der Waals surface area contributed by atoms with Crippen molar-refractivity contribution in [3.63, 3.8) is 0 Å². The quantitative estimate of drug-likeness (QED) is 0.853. The predicted molar refractivity (Wildman–Crippen MR) is 90.6 cm³/mol. The Morgan fingerprint density at radius 3 is 2.48 bits per heavy atom. The van der Waals surface area contributed by atoms with Crippen molar-refractivity contribution in [2.75, 3.05) is 30.8 Å². The van der Waals surface area contributed by atoms with Crippen molar-refractivity contribution >= 4 is 33.1 Å². The van der Waals surface area contributed by atoms with Crippen LogP contribution in [0.15, 0.2) is 30.5 Å². The molecule has 1 aromatic carbocycles. The van der Waals surface area contributed by atoms with Gasteiger partial charge in [0.05, 0.1) is 19.1 Å². The van der Waals surface area contributed by atoms with Gasteiger partial charge in [0.15, 0.2) is 5.82 Å². The van der Waals surface area contributed by atoms with Crippen molar-refractivity contribution < 1.29 is 13.2 Å². The lowest BCUT2D eigenvalue weighted by molar-refractivity contribution is 0.380. The van der Waals surface area contributed by atoms with Gasteiger partial charge < -0.3 is 9.64 Å². The van der Waals surface area contributed by atoms with E-state index < -0.39 is 10.0 Å². The Kier molecular flexibility index (Phi) is 5.27. The highest BCUT2D eigenvalue weighted by atomic mass is 35.5. The van der Waals surface area contributed by atoms with E-state index in [1.807, 2.05) is 0 Å². The fourth-order valence-electron chi connectivity index (χ4n) is 1.87. The molecule has 1 N–H and O–H groups in total. The molecule has 0 saturated heterocycles. The van der Waals surface area contributed by atoms with E-state index in [4.69, 9.17) is 16.3 Å². The molecule has 1 aromatic heterocycles. The van der Waals surface area contributed by atoms with E-state index in [-0.39, 0.29) is 17.5 Å². The molecule has 2 aromatic rings. The first-order valence-electron chi connectivity index (χ1n) is 6.64. The topological polar surface area (TPSA) is 84.4 Å². The molecule has 0 aliphatic rings. The molecule has 0 fully saturated rings. The molecule has 0 amide bonds. The van der Waals surface area contributed by atoms with Crippen LogP contribution in [0, 0.1) is 0 Å². The number of methoxy groups -OCH3 is 1. The third kappa shape index (κ3) is 4.70. The van der Waals surface area contributed by atoms with Gasteiger partial charge in [0.1, 0.15) is 5.69 Å². The Labute approximate surface area is 140 Å². The summed E-state index contributed by atoms with van der Waals surface area (Å²) >= 11 is 5.80. The number of hydrogen-bond donors (Lipinski definition) is 1. The van der Waals surface area contributed by atoms with Crippen molar-refractivity contribution in [3.8, 4) is 6.01 Å². The molecule has 0 unspecified atom stereocenters. The molecule has 1 heterocycles. The number of nitrogens with zero attached hydrogens (tertiary/aromatic N) is 3. The first-order chi connectivity index (χ1) is 10.8. The van der Waals surface area contributed by atoms with Crippen LogP contribution in [0.2, 0.25) is 5.02 Å². The van der Waals surface area contributed by atoms with E-state index in [0.29, 0.717) is 16.4 Å². The number of ether oxygens (including phenoxy) is 1. The summed E-state index contributed by atoms with van der Waals surface area (Å²) in [6, 6.07) is 6.79. The van der Waals surface area contributed by atoms with Crippen LogP contribution in [-0.2, 0) is 15.8 Å². The summed E-state index contributed by atoms with van der Waals surface area (Å²) in [6.45, 7) is 0. The fraction of sp³-hybridized carbons (Fsp3) is 0.286. The average Bonchev–Trinajstić information content (AvgIpc) is 2.49. The summed E-state index contributed by atoms with van der Waals surface area (Å²) in [6.07, 6.45) is 1.38. The second kappa shape index (κ2) is 7.01. The molecule has 9 heteroatoms. The minimum absolute atomic E-state index is 0.161. The first kappa shape index (κ1) is 17.3. The van der Waals surface area contributed by atoms with Gasteiger partial charge in [-0.2, -0.15) is 4.98 Å². The molecule has 124 valence electrons. The molecule has 0 spiro atoms. The van der Waals surface area contributed by atoms with Crippen molar-refractivity contribution in [1.82, 2.24) is 9.97 Å². The maximum atomic E-state index is 12.3. The van der Waals surface area contributed by atoms with Crippen molar-refractivity contribution in [1.29, 1.82) is 0 Å². The molecule has 2 rings (SSSR count). The average molecular weight is 357 g/mol. The summed E-state index contributed by atoms with van der Waals surface area (Å²) in [5, 5.41) is 0.553. The molecule has 0 bridgehead atoms. The van der Waals surface area contributed by atoms with Crippen LogP contribution in [0.4, 0.5) is 11.5 Å². The van der Waals surface area contributed by atoms with E-state index in [9.17, 15) is 8.42 Å². The minimum atomic E-state index is -3.62. The molecule has 7 nitrogen and oxygen atoms in total. The van der Waals surface area contributed by atoms with Crippen molar-refractivity contribution in [2.45, 2.75) is 5.75 Å². The number of benzene rings is 1. The highest BCUT2D eigenvalue weighted by Gasteiger charge is 2.17. The number of anilines is 2. The SMILES string of the molecule is COc1ncc(NS(=O)(=O)Cc2ccc(Cl)cc2)c(N(C)C)n1. The Balaban J connectivity index is 2.24. The van der Waals surface area contributed by atoms with Crippen LogP contribution < -0.4 is 14.4 Å². The van der Waals surface area contributed by atoms with Crippen molar-refractivity contribution in [2.24, 2.45) is 0 Å². The fourth-order valence-corrected chi connectivity index (χ4v) is 3.18. The normalized spacial score (nSPS) is 11.1. The zero-order valence-electron chi connectivity index (χ0n) is 12.9.